The van der Waals surface area contributed by atoms with Gasteiger partial charge in [0, 0.05) is 32.5 Å². The summed E-state index contributed by atoms with van der Waals surface area (Å²) in [6.45, 7) is 14.2. The SMILES string of the molecule is COC(=O)C1(NC(=O)OC(C)(C)C)CCN(C(=O)C(CCCCNC(=O)OCc2ccccc2)NC(=O)C(CC(C)C)NC(=O)C(Cc2ccccc2)NC(=O)C(Cc2ccccc2)NC(=O)OC(C)(C)C)CC1. The Kier molecular flexibility index (Phi) is 22.7. The fourth-order valence-corrected chi connectivity index (χ4v) is 8.19. The molecular formula is C55H77N7O12. The van der Waals surface area contributed by atoms with Crippen LogP contribution in [0.3, 0.4) is 0 Å². The number of piperidine rings is 1. The molecule has 0 spiro atoms. The van der Waals surface area contributed by atoms with E-state index in [-0.39, 0.29) is 70.7 Å². The van der Waals surface area contributed by atoms with Crippen LogP contribution in [0.15, 0.2) is 91.0 Å². The Hall–Kier alpha value is -7.18. The highest BCUT2D eigenvalue weighted by molar-refractivity contribution is 5.96. The van der Waals surface area contributed by atoms with Crippen molar-refractivity contribution < 1.29 is 57.3 Å². The number of unbranched alkanes of at least 4 members (excludes halogenated alkanes) is 1. The van der Waals surface area contributed by atoms with Crippen molar-refractivity contribution in [1.29, 1.82) is 0 Å². The first-order valence-electron chi connectivity index (χ1n) is 25.3. The van der Waals surface area contributed by atoms with Gasteiger partial charge in [-0.05, 0) is 103 Å². The fraction of sp³-hybridized carbons (Fsp3) is 0.527. The molecular weight excluding hydrogens is 951 g/mol. The van der Waals surface area contributed by atoms with E-state index in [0.717, 1.165) is 11.1 Å². The van der Waals surface area contributed by atoms with Crippen molar-refractivity contribution in [3.05, 3.63) is 108 Å². The number of carbonyl (C=O) groups is 8. The van der Waals surface area contributed by atoms with Gasteiger partial charge in [0.15, 0.2) is 0 Å². The predicted molar refractivity (Wildman–Crippen MR) is 277 cm³/mol. The number of rotatable bonds is 23. The maximum absolute atomic E-state index is 14.6. The number of carbonyl (C=O) groups excluding carboxylic acids is 8. The molecule has 4 unspecified atom stereocenters. The molecule has 74 heavy (non-hydrogen) atoms. The van der Waals surface area contributed by atoms with E-state index in [4.69, 9.17) is 18.9 Å². The first-order valence-corrected chi connectivity index (χ1v) is 25.3. The summed E-state index contributed by atoms with van der Waals surface area (Å²) in [5.41, 5.74) is -0.917. The van der Waals surface area contributed by atoms with Crippen LogP contribution in [0, 0.1) is 5.92 Å². The monoisotopic (exact) mass is 1030 g/mol. The molecule has 7 amide bonds. The van der Waals surface area contributed by atoms with Gasteiger partial charge in [0.2, 0.25) is 23.6 Å². The standard InChI is InChI=1S/C55H77N7O12/c1-37(2)33-42(58-46(64)43(34-38-21-13-10-14-22-38)59-47(65)44(35-39-23-15-11-16-24-39)60-51(69)73-53(3,4)5)45(63)57-41(27-19-20-30-56-50(68)72-36-40-25-17-12-18-26-40)48(66)62-31-28-55(29-32-62,49(67)71-9)61-52(70)74-54(6,7)8/h10-18,21-26,37,41-44H,19-20,27-36H2,1-9H3,(H,56,68)(H,57,63)(H,58,64)(H,59,65)(H,60,69)(H,61,70). The zero-order valence-corrected chi connectivity index (χ0v) is 44.4. The first-order chi connectivity index (χ1) is 35.0. The second kappa shape index (κ2) is 28.3. The van der Waals surface area contributed by atoms with Gasteiger partial charge in [-0.15, -0.1) is 0 Å². The molecule has 1 saturated heterocycles. The summed E-state index contributed by atoms with van der Waals surface area (Å²) in [6, 6.07) is 22.6. The van der Waals surface area contributed by atoms with Gasteiger partial charge < -0.3 is 55.7 Å². The van der Waals surface area contributed by atoms with Gasteiger partial charge in [0.05, 0.1) is 7.11 Å². The fourth-order valence-electron chi connectivity index (χ4n) is 8.19. The molecule has 4 rings (SSSR count). The van der Waals surface area contributed by atoms with Crippen LogP contribution in [-0.4, -0.2) is 120 Å². The van der Waals surface area contributed by atoms with Crippen LogP contribution in [0.2, 0.25) is 0 Å². The Labute approximate surface area is 435 Å². The van der Waals surface area contributed by atoms with E-state index >= 15 is 0 Å². The van der Waals surface area contributed by atoms with Gasteiger partial charge in [0.1, 0.15) is 47.5 Å². The number of ether oxygens (including phenoxy) is 4. The summed E-state index contributed by atoms with van der Waals surface area (Å²) in [5.74, 6) is -3.29. The van der Waals surface area contributed by atoms with Crippen molar-refractivity contribution >= 4 is 47.9 Å². The molecule has 19 heteroatoms. The molecule has 0 aliphatic carbocycles. The second-order valence-corrected chi connectivity index (χ2v) is 20.9. The minimum absolute atomic E-state index is 0.00594. The van der Waals surface area contributed by atoms with Crippen molar-refractivity contribution in [3.8, 4) is 0 Å². The average Bonchev–Trinajstić information content (AvgIpc) is 3.33. The van der Waals surface area contributed by atoms with E-state index in [1.807, 2.05) is 68.4 Å². The maximum atomic E-state index is 14.6. The predicted octanol–water partition coefficient (Wildman–Crippen LogP) is 6.02. The average molecular weight is 1030 g/mol. The van der Waals surface area contributed by atoms with Gasteiger partial charge in [-0.3, -0.25) is 19.2 Å². The second-order valence-electron chi connectivity index (χ2n) is 20.9. The topological polar surface area (TPSA) is 249 Å². The molecule has 0 bridgehead atoms. The Morgan fingerprint density at radius 1 is 0.581 bits per heavy atom. The molecule has 1 heterocycles. The highest BCUT2D eigenvalue weighted by atomic mass is 16.6. The highest BCUT2D eigenvalue weighted by Crippen LogP contribution is 2.26. The van der Waals surface area contributed by atoms with Crippen LogP contribution in [0.4, 0.5) is 14.4 Å². The van der Waals surface area contributed by atoms with Crippen molar-refractivity contribution in [3.63, 3.8) is 0 Å². The number of alkyl carbamates (subject to hydrolysis) is 3. The summed E-state index contributed by atoms with van der Waals surface area (Å²) in [4.78, 5) is 111. The summed E-state index contributed by atoms with van der Waals surface area (Å²) < 4.78 is 21.3. The maximum Gasteiger partial charge on any atom is 0.408 e. The lowest BCUT2D eigenvalue weighted by Crippen LogP contribution is -2.63. The van der Waals surface area contributed by atoms with Crippen LogP contribution in [0.5, 0.6) is 0 Å². The van der Waals surface area contributed by atoms with Gasteiger partial charge in [0.25, 0.3) is 0 Å². The molecule has 0 aromatic heterocycles. The Morgan fingerprint density at radius 2 is 1.04 bits per heavy atom. The zero-order valence-electron chi connectivity index (χ0n) is 44.4. The molecule has 3 aromatic carbocycles. The van der Waals surface area contributed by atoms with Crippen LogP contribution < -0.4 is 31.9 Å². The number of nitrogens with one attached hydrogen (secondary N) is 6. The number of methoxy groups -OCH3 is 1. The van der Waals surface area contributed by atoms with E-state index < -0.39 is 88.8 Å². The van der Waals surface area contributed by atoms with E-state index in [1.165, 1.54) is 12.0 Å². The third kappa shape index (κ3) is 20.7. The van der Waals surface area contributed by atoms with E-state index in [9.17, 15) is 38.4 Å². The lowest BCUT2D eigenvalue weighted by molar-refractivity contribution is -0.153. The molecule has 4 atom stereocenters. The van der Waals surface area contributed by atoms with Crippen molar-refractivity contribution in [2.24, 2.45) is 5.92 Å². The van der Waals surface area contributed by atoms with E-state index in [2.05, 4.69) is 31.9 Å². The summed E-state index contributed by atoms with van der Waals surface area (Å²) in [7, 11) is 1.21. The van der Waals surface area contributed by atoms with Crippen molar-refractivity contribution in [2.45, 2.75) is 154 Å². The molecule has 1 fully saturated rings. The molecule has 3 aromatic rings. The molecule has 1 aliphatic rings. The van der Waals surface area contributed by atoms with Gasteiger partial charge in [-0.1, -0.05) is 105 Å². The zero-order chi connectivity index (χ0) is 54.5. The number of hydrogen-bond acceptors (Lipinski definition) is 12. The van der Waals surface area contributed by atoms with Crippen molar-refractivity contribution in [1.82, 2.24) is 36.8 Å². The van der Waals surface area contributed by atoms with E-state index in [0.29, 0.717) is 18.4 Å². The number of benzene rings is 3. The lowest BCUT2D eigenvalue weighted by Gasteiger charge is -2.41. The van der Waals surface area contributed by atoms with Crippen LogP contribution >= 0.6 is 0 Å². The Balaban J connectivity index is 1.56. The third-order valence-electron chi connectivity index (χ3n) is 11.8. The smallest absolute Gasteiger partial charge is 0.408 e. The van der Waals surface area contributed by atoms with E-state index in [1.54, 1.807) is 77.9 Å². The number of nitrogens with zero attached hydrogens (tertiary/aromatic N) is 1. The van der Waals surface area contributed by atoms with Crippen LogP contribution in [0.1, 0.15) is 111 Å². The number of likely N-dealkylation sites (tertiary alicyclic amines) is 1. The lowest BCUT2D eigenvalue weighted by atomic mass is 9.87. The minimum Gasteiger partial charge on any atom is -0.467 e. The van der Waals surface area contributed by atoms with Gasteiger partial charge in [-0.2, -0.15) is 0 Å². The molecule has 1 aliphatic heterocycles. The summed E-state index contributed by atoms with van der Waals surface area (Å²) >= 11 is 0. The van der Waals surface area contributed by atoms with Gasteiger partial charge >= 0.3 is 24.2 Å². The highest BCUT2D eigenvalue weighted by Gasteiger charge is 2.46. The minimum atomic E-state index is -1.49. The molecule has 19 nitrogen and oxygen atoms in total. The first kappa shape index (κ1) is 59.4. The van der Waals surface area contributed by atoms with Gasteiger partial charge in [-0.25, -0.2) is 19.2 Å². The molecule has 0 radical (unpaired) electrons. The normalized spacial score (nSPS) is 14.9. The Bertz CT molecular complexity index is 2310. The number of hydrogen-bond donors (Lipinski definition) is 6. The third-order valence-corrected chi connectivity index (χ3v) is 11.8. The largest absolute Gasteiger partial charge is 0.467 e. The molecule has 6 N–H and O–H groups in total. The summed E-state index contributed by atoms with van der Waals surface area (Å²) in [6.07, 6.45) is -1.13. The van der Waals surface area contributed by atoms with Crippen LogP contribution in [-0.2, 0) is 62.4 Å². The van der Waals surface area contributed by atoms with Crippen molar-refractivity contribution in [2.75, 3.05) is 26.7 Å². The summed E-state index contributed by atoms with van der Waals surface area (Å²) in [5, 5.41) is 16.7. The quantitative estimate of drug-likeness (QED) is 0.0363. The number of amides is 7. The molecule has 404 valence electrons. The number of esters is 1. The molecule has 0 saturated carbocycles. The Morgan fingerprint density at radius 3 is 1.54 bits per heavy atom. The van der Waals surface area contributed by atoms with Crippen LogP contribution in [0.25, 0.3) is 0 Å².